The molecule has 2 amide bonds. The number of benzene rings is 1. The van der Waals surface area contributed by atoms with Crippen LogP contribution in [0, 0.1) is 13.8 Å². The van der Waals surface area contributed by atoms with E-state index in [1.54, 1.807) is 4.90 Å². The highest BCUT2D eigenvalue weighted by Crippen LogP contribution is 2.16. The van der Waals surface area contributed by atoms with Gasteiger partial charge in [-0.05, 0) is 65.0 Å². The number of urea groups is 1. The smallest absolute Gasteiger partial charge is 0.328 e. The molecule has 9 nitrogen and oxygen atoms in total. The number of carbonyl (C=O) groups excluding carboxylic acids is 1. The molecule has 31 heavy (non-hydrogen) atoms. The molecule has 0 bridgehead atoms. The molecule has 1 aromatic carbocycles. The van der Waals surface area contributed by atoms with Crippen LogP contribution in [0.2, 0.25) is 0 Å². The number of carbonyl (C=O) groups is 3. The Hall–Kier alpha value is -3.07. The molecule has 0 unspecified atom stereocenters. The van der Waals surface area contributed by atoms with E-state index in [0.717, 1.165) is 12.3 Å². The van der Waals surface area contributed by atoms with Crippen LogP contribution >= 0.6 is 0 Å². The van der Waals surface area contributed by atoms with E-state index in [4.69, 9.17) is 14.9 Å². The zero-order valence-corrected chi connectivity index (χ0v) is 19.2. The van der Waals surface area contributed by atoms with E-state index in [-0.39, 0.29) is 12.1 Å². The second kappa shape index (κ2) is 14.8. The van der Waals surface area contributed by atoms with E-state index in [1.165, 1.54) is 11.1 Å². The van der Waals surface area contributed by atoms with Gasteiger partial charge >= 0.3 is 18.0 Å². The zero-order valence-electron chi connectivity index (χ0n) is 19.2. The van der Waals surface area contributed by atoms with Gasteiger partial charge in [0.25, 0.3) is 0 Å². The summed E-state index contributed by atoms with van der Waals surface area (Å²) in [5.74, 6) is -1.66. The Labute approximate surface area is 184 Å². The molecule has 0 aliphatic carbocycles. The first-order chi connectivity index (χ1) is 14.4. The molecule has 0 saturated heterocycles. The van der Waals surface area contributed by atoms with Gasteiger partial charge in [-0.25, -0.2) is 14.4 Å². The van der Waals surface area contributed by atoms with Crippen molar-refractivity contribution < 1.29 is 29.3 Å². The Morgan fingerprint density at radius 1 is 1.03 bits per heavy atom. The molecule has 174 valence electrons. The Kier molecular flexibility index (Phi) is 13.4. The van der Waals surface area contributed by atoms with Gasteiger partial charge in [-0.2, -0.15) is 0 Å². The lowest BCUT2D eigenvalue weighted by atomic mass is 10.1. The predicted octanol–water partition coefficient (Wildman–Crippen LogP) is 2.38. The number of hydrogen-bond donors (Lipinski definition) is 3. The van der Waals surface area contributed by atoms with Crippen molar-refractivity contribution in [1.82, 2.24) is 15.1 Å². The summed E-state index contributed by atoms with van der Waals surface area (Å²) in [5, 5.41) is 18.6. The summed E-state index contributed by atoms with van der Waals surface area (Å²) >= 11 is 0. The fourth-order valence-corrected chi connectivity index (χ4v) is 2.29. The minimum Gasteiger partial charge on any atom is -0.492 e. The number of ether oxygens (including phenoxy) is 1. The maximum atomic E-state index is 12.2. The maximum absolute atomic E-state index is 12.2. The SMILES string of the molecule is Cc1ccc(OCCN(C(=O)NCCN(C)C)C(C)C)cc1C.O=C(O)C=CC(=O)O. The molecule has 0 aromatic heterocycles. The number of nitrogens with one attached hydrogen (secondary N) is 1. The third-order valence-corrected chi connectivity index (χ3v) is 4.17. The van der Waals surface area contributed by atoms with E-state index in [1.807, 2.05) is 45.0 Å². The topological polar surface area (TPSA) is 119 Å². The number of amides is 2. The molecule has 0 radical (unpaired) electrons. The number of aryl methyl sites for hydroxylation is 2. The number of aliphatic carboxylic acids is 2. The molecule has 3 N–H and O–H groups in total. The van der Waals surface area contributed by atoms with Crippen LogP contribution in [0.5, 0.6) is 5.75 Å². The van der Waals surface area contributed by atoms with Crippen molar-refractivity contribution in [3.63, 3.8) is 0 Å². The molecular formula is C22H35N3O6. The van der Waals surface area contributed by atoms with Crippen LogP contribution in [0.1, 0.15) is 25.0 Å². The second-order valence-corrected chi connectivity index (χ2v) is 7.43. The summed E-state index contributed by atoms with van der Waals surface area (Å²) in [6, 6.07) is 6.16. The molecule has 0 fully saturated rings. The van der Waals surface area contributed by atoms with Crippen molar-refractivity contribution in [3.05, 3.63) is 41.5 Å². The van der Waals surface area contributed by atoms with Crippen LogP contribution in [0.15, 0.2) is 30.4 Å². The van der Waals surface area contributed by atoms with Crippen molar-refractivity contribution >= 4 is 18.0 Å². The van der Waals surface area contributed by atoms with Crippen LogP contribution in [-0.2, 0) is 9.59 Å². The van der Waals surface area contributed by atoms with Crippen LogP contribution < -0.4 is 10.1 Å². The standard InChI is InChI=1S/C18H31N3O2.C4H4O4/c1-14(2)21(18(22)19-9-10-20(5)6)11-12-23-17-8-7-15(3)16(4)13-17;5-3(6)1-2-4(7)8/h7-8,13-14H,9-12H2,1-6H3,(H,19,22);1-2H,(H,5,6)(H,7,8). The second-order valence-electron chi connectivity index (χ2n) is 7.43. The van der Waals surface area contributed by atoms with E-state index in [9.17, 15) is 14.4 Å². The molecule has 9 heteroatoms. The molecule has 0 saturated carbocycles. The summed E-state index contributed by atoms with van der Waals surface area (Å²) in [6.07, 6.45) is 1.12. The van der Waals surface area contributed by atoms with Crippen LogP contribution in [-0.4, -0.2) is 84.4 Å². The molecular weight excluding hydrogens is 402 g/mol. The summed E-state index contributed by atoms with van der Waals surface area (Å²) in [4.78, 5) is 35.2. The lowest BCUT2D eigenvalue weighted by Gasteiger charge is -2.27. The van der Waals surface area contributed by atoms with Gasteiger partial charge in [-0.15, -0.1) is 0 Å². The Balaban J connectivity index is 0.000000954. The quantitative estimate of drug-likeness (QED) is 0.481. The number of hydrogen-bond acceptors (Lipinski definition) is 5. The Morgan fingerprint density at radius 2 is 1.61 bits per heavy atom. The minimum atomic E-state index is -1.26. The molecule has 0 atom stereocenters. The lowest BCUT2D eigenvalue weighted by molar-refractivity contribution is -0.134. The van der Waals surface area contributed by atoms with Crippen LogP contribution in [0.3, 0.4) is 0 Å². The normalized spacial score (nSPS) is 10.6. The van der Waals surface area contributed by atoms with Gasteiger partial charge in [0.2, 0.25) is 0 Å². The lowest BCUT2D eigenvalue weighted by Crippen LogP contribution is -2.47. The molecule has 1 aromatic rings. The Morgan fingerprint density at radius 3 is 2.06 bits per heavy atom. The van der Waals surface area contributed by atoms with Gasteiger partial charge in [0.1, 0.15) is 12.4 Å². The van der Waals surface area contributed by atoms with E-state index in [0.29, 0.717) is 31.8 Å². The summed E-state index contributed by atoms with van der Waals surface area (Å²) in [6.45, 7) is 10.7. The average Bonchev–Trinajstić information content (AvgIpc) is 2.66. The molecule has 0 spiro atoms. The van der Waals surface area contributed by atoms with Gasteiger partial charge in [0, 0.05) is 31.3 Å². The first-order valence-corrected chi connectivity index (χ1v) is 9.97. The van der Waals surface area contributed by atoms with Crippen molar-refractivity contribution in [2.24, 2.45) is 0 Å². The van der Waals surface area contributed by atoms with Crippen LogP contribution in [0.25, 0.3) is 0 Å². The minimum absolute atomic E-state index is 0.0365. The summed E-state index contributed by atoms with van der Waals surface area (Å²) in [7, 11) is 3.98. The Bertz CT molecular complexity index is 731. The van der Waals surface area contributed by atoms with E-state index in [2.05, 4.69) is 25.2 Å². The van der Waals surface area contributed by atoms with Crippen molar-refractivity contribution in [2.45, 2.75) is 33.7 Å². The first-order valence-electron chi connectivity index (χ1n) is 9.97. The van der Waals surface area contributed by atoms with Gasteiger partial charge in [-0.3, -0.25) is 0 Å². The molecule has 0 heterocycles. The number of nitrogens with zero attached hydrogens (tertiary/aromatic N) is 2. The number of carboxylic acids is 2. The van der Waals surface area contributed by atoms with Crippen molar-refractivity contribution in [3.8, 4) is 5.75 Å². The maximum Gasteiger partial charge on any atom is 0.328 e. The summed E-state index contributed by atoms with van der Waals surface area (Å²) < 4.78 is 5.79. The third kappa shape index (κ3) is 13.7. The fourth-order valence-electron chi connectivity index (χ4n) is 2.29. The molecule has 0 aliphatic heterocycles. The van der Waals surface area contributed by atoms with Crippen molar-refractivity contribution in [1.29, 1.82) is 0 Å². The summed E-state index contributed by atoms with van der Waals surface area (Å²) in [5.41, 5.74) is 2.46. The van der Waals surface area contributed by atoms with Gasteiger partial charge in [-0.1, -0.05) is 6.07 Å². The number of carboxylic acid groups (broad SMARTS) is 2. The number of rotatable bonds is 10. The third-order valence-electron chi connectivity index (χ3n) is 4.17. The van der Waals surface area contributed by atoms with Crippen molar-refractivity contribution in [2.75, 3.05) is 40.3 Å². The van der Waals surface area contributed by atoms with Crippen LogP contribution in [0.4, 0.5) is 4.79 Å². The van der Waals surface area contributed by atoms with E-state index >= 15 is 0 Å². The zero-order chi connectivity index (χ0) is 24.0. The largest absolute Gasteiger partial charge is 0.492 e. The predicted molar refractivity (Wildman–Crippen MR) is 120 cm³/mol. The highest BCUT2D eigenvalue weighted by molar-refractivity contribution is 5.89. The van der Waals surface area contributed by atoms with Gasteiger partial charge < -0.3 is 30.1 Å². The van der Waals surface area contributed by atoms with Gasteiger partial charge in [0.05, 0.1) is 6.54 Å². The highest BCUT2D eigenvalue weighted by atomic mass is 16.5. The molecule has 0 aliphatic rings. The fraction of sp³-hybridized carbons (Fsp3) is 0.500. The molecule has 1 rings (SSSR count). The van der Waals surface area contributed by atoms with E-state index < -0.39 is 11.9 Å². The highest BCUT2D eigenvalue weighted by Gasteiger charge is 2.16. The van der Waals surface area contributed by atoms with Gasteiger partial charge in [0.15, 0.2) is 0 Å². The average molecular weight is 438 g/mol. The monoisotopic (exact) mass is 437 g/mol. The first kappa shape index (κ1) is 27.9. The number of likely N-dealkylation sites (N-methyl/N-ethyl adjacent to an activating group) is 1.